The molecule has 1 N–H and O–H groups in total. The molecule has 0 atom stereocenters. The fourth-order valence-electron chi connectivity index (χ4n) is 2.24. The molecule has 5 heteroatoms. The van der Waals surface area contributed by atoms with Crippen molar-refractivity contribution >= 4 is 0 Å². The highest BCUT2D eigenvalue weighted by atomic mass is 16.3. The molecule has 0 aliphatic rings. The monoisotopic (exact) mass is 294 g/mol. The van der Waals surface area contributed by atoms with Crippen molar-refractivity contribution in [3.63, 3.8) is 0 Å². The minimum atomic E-state index is 0.00128. The summed E-state index contributed by atoms with van der Waals surface area (Å²) in [6.45, 7) is 5.05. The van der Waals surface area contributed by atoms with Crippen LogP contribution in [0.3, 0.4) is 0 Å². The van der Waals surface area contributed by atoms with Crippen LogP contribution in [0.2, 0.25) is 0 Å². The van der Waals surface area contributed by atoms with Gasteiger partial charge in [0.15, 0.2) is 0 Å². The Morgan fingerprint density at radius 1 is 1.09 bits per heavy atom. The van der Waals surface area contributed by atoms with Gasteiger partial charge in [0.25, 0.3) is 0 Å². The Labute approximate surface area is 129 Å². The molecule has 0 spiro atoms. The van der Waals surface area contributed by atoms with E-state index in [9.17, 15) is 5.11 Å². The van der Waals surface area contributed by atoms with E-state index < -0.39 is 0 Å². The van der Waals surface area contributed by atoms with Crippen LogP contribution in [0, 0.1) is 0 Å². The normalized spacial score (nSPS) is 11.0. The quantitative estimate of drug-likeness (QED) is 0.802. The van der Waals surface area contributed by atoms with Gasteiger partial charge in [-0.15, -0.1) is 5.10 Å². The molecule has 0 fully saturated rings. The van der Waals surface area contributed by atoms with E-state index in [1.165, 1.54) is 11.1 Å². The lowest BCUT2D eigenvalue weighted by atomic mass is 10.0. The van der Waals surface area contributed by atoms with Gasteiger partial charge in [-0.2, -0.15) is 0 Å². The predicted molar refractivity (Wildman–Crippen MR) is 84.6 cm³/mol. The summed E-state index contributed by atoms with van der Waals surface area (Å²) in [5, 5.41) is 17.5. The molecule has 0 bridgehead atoms. The Bertz CT molecular complexity index is 745. The third-order valence-corrected chi connectivity index (χ3v) is 3.57. The largest absolute Gasteiger partial charge is 0.493 e. The maximum absolute atomic E-state index is 9.21. The van der Waals surface area contributed by atoms with Gasteiger partial charge < -0.3 is 5.11 Å². The van der Waals surface area contributed by atoms with E-state index in [1.54, 1.807) is 23.0 Å². The molecule has 2 heterocycles. The molecule has 0 radical (unpaired) electrons. The van der Waals surface area contributed by atoms with E-state index in [2.05, 4.69) is 53.4 Å². The van der Waals surface area contributed by atoms with E-state index >= 15 is 0 Å². The number of hydrogen-bond acceptors (Lipinski definition) is 4. The maximum Gasteiger partial charge on any atom is 0.210 e. The topological polar surface area (TPSA) is 63.8 Å². The predicted octanol–water partition coefficient (Wildman–Crippen LogP) is 3.22. The first-order valence-electron chi connectivity index (χ1n) is 7.26. The summed E-state index contributed by atoms with van der Waals surface area (Å²) in [7, 11) is 0. The fraction of sp³-hybridized carbons (Fsp3) is 0.235. The van der Waals surface area contributed by atoms with Crippen molar-refractivity contribution in [2.45, 2.75) is 26.3 Å². The van der Waals surface area contributed by atoms with Gasteiger partial charge in [-0.1, -0.05) is 43.3 Å². The van der Waals surface area contributed by atoms with Crippen molar-refractivity contribution in [1.82, 2.24) is 20.0 Å². The highest BCUT2D eigenvalue weighted by molar-refractivity contribution is 5.56. The highest BCUT2D eigenvalue weighted by Crippen LogP contribution is 2.18. The van der Waals surface area contributed by atoms with Gasteiger partial charge in [0.2, 0.25) is 5.88 Å². The summed E-state index contributed by atoms with van der Waals surface area (Å²) in [6, 6.07) is 11.9. The zero-order chi connectivity index (χ0) is 15.5. The summed E-state index contributed by atoms with van der Waals surface area (Å²) in [5.41, 5.74) is 4.09. The van der Waals surface area contributed by atoms with Gasteiger partial charge in [0, 0.05) is 17.8 Å². The Kier molecular flexibility index (Phi) is 3.87. The molecule has 22 heavy (non-hydrogen) atoms. The van der Waals surface area contributed by atoms with Gasteiger partial charge in [0.1, 0.15) is 5.69 Å². The zero-order valence-electron chi connectivity index (χ0n) is 12.6. The van der Waals surface area contributed by atoms with Crippen LogP contribution in [-0.2, 0) is 6.54 Å². The van der Waals surface area contributed by atoms with Crippen molar-refractivity contribution in [3.05, 3.63) is 59.9 Å². The van der Waals surface area contributed by atoms with E-state index in [1.807, 2.05) is 6.20 Å². The van der Waals surface area contributed by atoms with Crippen molar-refractivity contribution in [2.24, 2.45) is 0 Å². The molecular weight excluding hydrogens is 276 g/mol. The van der Waals surface area contributed by atoms with E-state index in [0.717, 1.165) is 11.3 Å². The molecule has 0 saturated heterocycles. The lowest BCUT2D eigenvalue weighted by Crippen LogP contribution is -2.00. The average molecular weight is 294 g/mol. The molecule has 0 saturated carbocycles. The first kappa shape index (κ1) is 14.3. The van der Waals surface area contributed by atoms with Crippen LogP contribution in [0.25, 0.3) is 11.3 Å². The van der Waals surface area contributed by atoms with Crippen molar-refractivity contribution < 1.29 is 5.11 Å². The summed E-state index contributed by atoms with van der Waals surface area (Å²) < 4.78 is 1.80. The zero-order valence-corrected chi connectivity index (χ0v) is 12.6. The molecule has 5 nitrogen and oxygen atoms in total. The van der Waals surface area contributed by atoms with E-state index in [4.69, 9.17) is 0 Å². The van der Waals surface area contributed by atoms with Crippen LogP contribution < -0.4 is 0 Å². The van der Waals surface area contributed by atoms with Gasteiger partial charge in [-0.25, -0.2) is 9.67 Å². The van der Waals surface area contributed by atoms with E-state index in [0.29, 0.717) is 12.5 Å². The third kappa shape index (κ3) is 3.14. The highest BCUT2D eigenvalue weighted by Gasteiger charge is 2.06. The molecule has 112 valence electrons. The summed E-state index contributed by atoms with van der Waals surface area (Å²) in [4.78, 5) is 3.85. The Morgan fingerprint density at radius 2 is 1.86 bits per heavy atom. The molecule has 0 aliphatic heterocycles. The second-order valence-corrected chi connectivity index (χ2v) is 5.60. The van der Waals surface area contributed by atoms with Crippen LogP contribution >= 0.6 is 0 Å². The average Bonchev–Trinajstić information content (AvgIpc) is 2.97. The number of hydrogen-bond donors (Lipinski definition) is 1. The van der Waals surface area contributed by atoms with Crippen LogP contribution in [-0.4, -0.2) is 25.1 Å². The van der Waals surface area contributed by atoms with Crippen molar-refractivity contribution in [3.8, 4) is 17.1 Å². The summed E-state index contributed by atoms with van der Waals surface area (Å²) >= 11 is 0. The second kappa shape index (κ2) is 5.97. The first-order valence-corrected chi connectivity index (χ1v) is 7.26. The molecule has 0 aliphatic carbocycles. The Balaban J connectivity index is 1.75. The van der Waals surface area contributed by atoms with Crippen LogP contribution in [0.1, 0.15) is 30.9 Å². The molecule has 3 aromatic rings. The van der Waals surface area contributed by atoms with Gasteiger partial charge in [-0.05, 0) is 23.1 Å². The minimum Gasteiger partial charge on any atom is -0.493 e. The number of rotatable bonds is 4. The number of nitrogens with zero attached hydrogens (tertiary/aromatic N) is 4. The van der Waals surface area contributed by atoms with Crippen molar-refractivity contribution in [1.29, 1.82) is 0 Å². The molecule has 3 rings (SSSR count). The number of benzene rings is 1. The van der Waals surface area contributed by atoms with Gasteiger partial charge in [0.05, 0.1) is 12.7 Å². The standard InChI is InChI=1S/C17H18N4O/c1-12(2)14-5-3-13(4-6-14)10-21-11-16(19-20-21)15-7-8-17(22)18-9-15/h3-9,11-12H,10H2,1-2H3,(H,18,22). The van der Waals surface area contributed by atoms with Gasteiger partial charge >= 0.3 is 0 Å². The Morgan fingerprint density at radius 3 is 2.50 bits per heavy atom. The molecule has 0 unspecified atom stereocenters. The fourth-order valence-corrected chi connectivity index (χ4v) is 2.24. The van der Waals surface area contributed by atoms with Gasteiger partial charge in [-0.3, -0.25) is 0 Å². The SMILES string of the molecule is CC(C)c1ccc(Cn2cc(-c3ccc(O)nc3)nn2)cc1. The number of aromatic hydroxyl groups is 1. The maximum atomic E-state index is 9.21. The lowest BCUT2D eigenvalue weighted by Gasteiger charge is -2.06. The molecule has 2 aromatic heterocycles. The molecule has 1 aromatic carbocycles. The van der Waals surface area contributed by atoms with Crippen LogP contribution in [0.4, 0.5) is 0 Å². The van der Waals surface area contributed by atoms with E-state index in [-0.39, 0.29) is 5.88 Å². The number of pyridine rings is 1. The molecular formula is C17H18N4O. The van der Waals surface area contributed by atoms with Crippen LogP contribution in [0.15, 0.2) is 48.8 Å². The minimum absolute atomic E-state index is 0.00128. The summed E-state index contributed by atoms with van der Waals surface area (Å²) in [6.07, 6.45) is 3.46. The second-order valence-electron chi connectivity index (χ2n) is 5.60. The Hall–Kier alpha value is -2.69. The van der Waals surface area contributed by atoms with Crippen LogP contribution in [0.5, 0.6) is 5.88 Å². The molecule has 0 amide bonds. The lowest BCUT2D eigenvalue weighted by molar-refractivity contribution is 0.453. The first-order chi connectivity index (χ1) is 10.6. The third-order valence-electron chi connectivity index (χ3n) is 3.57. The summed E-state index contributed by atoms with van der Waals surface area (Å²) in [5.74, 6) is 0.537. The number of aromatic nitrogens is 4. The smallest absolute Gasteiger partial charge is 0.210 e. The van der Waals surface area contributed by atoms with Crippen molar-refractivity contribution in [2.75, 3.05) is 0 Å².